The second-order valence-corrected chi connectivity index (χ2v) is 5.21. The van der Waals surface area contributed by atoms with E-state index in [1.165, 1.54) is 0 Å². The Bertz CT molecular complexity index is 341. The molecule has 1 heterocycles. The van der Waals surface area contributed by atoms with Gasteiger partial charge in [0, 0.05) is 6.04 Å². The normalized spacial score (nSPS) is 25.0. The Labute approximate surface area is 76.9 Å². The van der Waals surface area contributed by atoms with Gasteiger partial charge in [-0.2, -0.15) is 0 Å². The van der Waals surface area contributed by atoms with Gasteiger partial charge in [-0.1, -0.05) is 0 Å². The summed E-state index contributed by atoms with van der Waals surface area (Å²) in [6, 6.07) is -0.292. The second-order valence-electron chi connectivity index (χ2n) is 2.98. The molecule has 1 unspecified atom stereocenters. The first-order valence-corrected chi connectivity index (χ1v) is 5.68. The van der Waals surface area contributed by atoms with Crippen molar-refractivity contribution in [3.8, 4) is 0 Å². The summed E-state index contributed by atoms with van der Waals surface area (Å²) in [5.74, 6) is -0.246. The number of carbonyl (C=O) groups is 1. The SMILES string of the molecule is [C-]#[N+]CC(=O)NC1CCS(=O)(=O)C1. The lowest BCUT2D eigenvalue weighted by Gasteiger charge is -2.06. The molecule has 1 aliphatic heterocycles. The van der Waals surface area contributed by atoms with Crippen molar-refractivity contribution in [1.82, 2.24) is 5.32 Å². The highest BCUT2D eigenvalue weighted by atomic mass is 32.2. The summed E-state index contributed by atoms with van der Waals surface area (Å²) in [5, 5.41) is 2.50. The fraction of sp³-hybridized carbons (Fsp3) is 0.714. The van der Waals surface area contributed by atoms with Crippen molar-refractivity contribution in [2.45, 2.75) is 12.5 Å². The minimum atomic E-state index is -2.95. The molecule has 1 atom stereocenters. The zero-order valence-corrected chi connectivity index (χ0v) is 7.80. The van der Waals surface area contributed by atoms with Gasteiger partial charge in [0.2, 0.25) is 0 Å². The van der Waals surface area contributed by atoms with Gasteiger partial charge in [-0.25, -0.2) is 15.0 Å². The molecule has 0 aromatic carbocycles. The van der Waals surface area contributed by atoms with Crippen LogP contribution < -0.4 is 5.32 Å². The smallest absolute Gasteiger partial charge is 0.300 e. The van der Waals surface area contributed by atoms with Crippen LogP contribution in [0.3, 0.4) is 0 Å². The molecule has 1 rings (SSSR count). The number of nitrogens with zero attached hydrogens (tertiary/aromatic N) is 1. The van der Waals surface area contributed by atoms with Crippen LogP contribution in [0.2, 0.25) is 0 Å². The van der Waals surface area contributed by atoms with E-state index in [2.05, 4.69) is 10.2 Å². The van der Waals surface area contributed by atoms with E-state index in [0.29, 0.717) is 6.42 Å². The van der Waals surface area contributed by atoms with Crippen LogP contribution in [0, 0.1) is 6.57 Å². The highest BCUT2D eigenvalue weighted by Crippen LogP contribution is 2.10. The Morgan fingerprint density at radius 3 is 2.77 bits per heavy atom. The summed E-state index contributed by atoms with van der Waals surface area (Å²) in [6.45, 7) is 6.21. The Morgan fingerprint density at radius 2 is 2.31 bits per heavy atom. The van der Waals surface area contributed by atoms with Gasteiger partial charge in [0.1, 0.15) is 0 Å². The zero-order chi connectivity index (χ0) is 9.90. The lowest BCUT2D eigenvalue weighted by molar-refractivity contribution is -0.119. The average molecular weight is 202 g/mol. The first kappa shape index (κ1) is 9.99. The molecule has 0 aromatic heterocycles. The fourth-order valence-corrected chi connectivity index (χ4v) is 2.93. The summed E-state index contributed by atoms with van der Waals surface area (Å²) in [7, 11) is -2.95. The van der Waals surface area contributed by atoms with E-state index in [4.69, 9.17) is 6.57 Å². The standard InChI is InChI=1S/C7H10N2O3S/c1-8-4-7(10)9-6-2-3-13(11,12)5-6/h6H,2-5H2,(H,9,10). The monoisotopic (exact) mass is 202 g/mol. The maximum atomic E-state index is 11.0. The molecule has 1 saturated heterocycles. The topological polar surface area (TPSA) is 67.6 Å². The van der Waals surface area contributed by atoms with E-state index in [9.17, 15) is 13.2 Å². The minimum Gasteiger partial charge on any atom is -0.346 e. The van der Waals surface area contributed by atoms with Crippen LogP contribution in [0.25, 0.3) is 4.85 Å². The lowest BCUT2D eigenvalue weighted by Crippen LogP contribution is -2.36. The molecule has 0 bridgehead atoms. The van der Waals surface area contributed by atoms with Crippen LogP contribution in [0.4, 0.5) is 0 Å². The van der Waals surface area contributed by atoms with Crippen molar-refractivity contribution in [3.05, 3.63) is 11.4 Å². The molecule has 72 valence electrons. The Balaban J connectivity index is 2.42. The number of hydrogen-bond acceptors (Lipinski definition) is 3. The summed E-state index contributed by atoms with van der Waals surface area (Å²) in [6.07, 6.45) is 0.464. The van der Waals surface area contributed by atoms with Crippen molar-refractivity contribution < 1.29 is 13.2 Å². The van der Waals surface area contributed by atoms with Gasteiger partial charge in [-0.3, -0.25) is 4.79 Å². The molecule has 1 aliphatic rings. The Kier molecular flexibility index (Phi) is 2.88. The van der Waals surface area contributed by atoms with Crippen molar-refractivity contribution in [1.29, 1.82) is 0 Å². The Hall–Kier alpha value is -1.09. The van der Waals surface area contributed by atoms with Crippen LogP contribution in [0.5, 0.6) is 0 Å². The lowest BCUT2D eigenvalue weighted by atomic mass is 10.2. The predicted molar refractivity (Wildman–Crippen MR) is 46.7 cm³/mol. The molecular formula is C7H10N2O3S. The largest absolute Gasteiger partial charge is 0.346 e. The van der Waals surface area contributed by atoms with E-state index < -0.39 is 15.7 Å². The van der Waals surface area contributed by atoms with Crippen LogP contribution in [0.1, 0.15) is 6.42 Å². The number of sulfone groups is 1. The molecule has 5 nitrogen and oxygen atoms in total. The molecule has 0 aromatic rings. The number of carbonyl (C=O) groups excluding carboxylic acids is 1. The van der Waals surface area contributed by atoms with Gasteiger partial charge in [0.25, 0.3) is 12.5 Å². The molecule has 1 fully saturated rings. The molecule has 0 aliphatic carbocycles. The van der Waals surface area contributed by atoms with Gasteiger partial charge >= 0.3 is 0 Å². The number of rotatable bonds is 2. The van der Waals surface area contributed by atoms with Crippen molar-refractivity contribution in [3.63, 3.8) is 0 Å². The van der Waals surface area contributed by atoms with Crippen LogP contribution in [-0.2, 0) is 14.6 Å². The summed E-state index contributed by atoms with van der Waals surface area (Å²) in [4.78, 5) is 13.8. The molecule has 1 amide bonds. The fourth-order valence-electron chi connectivity index (χ4n) is 1.25. The van der Waals surface area contributed by atoms with Gasteiger partial charge in [-0.15, -0.1) is 0 Å². The molecule has 0 radical (unpaired) electrons. The van der Waals surface area contributed by atoms with Gasteiger partial charge in [0.05, 0.1) is 11.5 Å². The average Bonchev–Trinajstić information content (AvgIpc) is 2.30. The molecule has 1 N–H and O–H groups in total. The molecule has 13 heavy (non-hydrogen) atoms. The van der Waals surface area contributed by atoms with Crippen LogP contribution in [-0.4, -0.2) is 38.4 Å². The molecule has 0 saturated carbocycles. The summed E-state index contributed by atoms with van der Waals surface area (Å²) < 4.78 is 21.9. The third-order valence-electron chi connectivity index (χ3n) is 1.82. The number of hydrogen-bond donors (Lipinski definition) is 1. The molecular weight excluding hydrogens is 192 g/mol. The van der Waals surface area contributed by atoms with Gasteiger partial charge in [0.15, 0.2) is 9.84 Å². The first-order valence-electron chi connectivity index (χ1n) is 3.86. The molecule has 6 heteroatoms. The van der Waals surface area contributed by atoms with Crippen LogP contribution >= 0.6 is 0 Å². The quantitative estimate of drug-likeness (QED) is 0.597. The number of amides is 1. The third kappa shape index (κ3) is 3.03. The summed E-state index contributed by atoms with van der Waals surface area (Å²) in [5.41, 5.74) is 0. The Morgan fingerprint density at radius 1 is 1.62 bits per heavy atom. The first-order chi connectivity index (χ1) is 6.03. The van der Waals surface area contributed by atoms with E-state index in [0.717, 1.165) is 0 Å². The van der Waals surface area contributed by atoms with E-state index in [-0.39, 0.29) is 24.1 Å². The second kappa shape index (κ2) is 3.75. The van der Waals surface area contributed by atoms with Crippen LogP contribution in [0.15, 0.2) is 0 Å². The van der Waals surface area contributed by atoms with Crippen molar-refractivity contribution in [2.24, 2.45) is 0 Å². The highest BCUT2D eigenvalue weighted by molar-refractivity contribution is 7.91. The van der Waals surface area contributed by atoms with Gasteiger partial charge < -0.3 is 10.2 Å². The van der Waals surface area contributed by atoms with Crippen molar-refractivity contribution in [2.75, 3.05) is 18.1 Å². The predicted octanol–water partition coefficient (Wildman–Crippen LogP) is -0.791. The van der Waals surface area contributed by atoms with E-state index >= 15 is 0 Å². The highest BCUT2D eigenvalue weighted by Gasteiger charge is 2.29. The maximum Gasteiger partial charge on any atom is 0.300 e. The van der Waals surface area contributed by atoms with Gasteiger partial charge in [-0.05, 0) is 6.42 Å². The minimum absolute atomic E-state index is 0.0107. The van der Waals surface area contributed by atoms with Crippen molar-refractivity contribution >= 4 is 15.7 Å². The maximum absolute atomic E-state index is 11.0. The third-order valence-corrected chi connectivity index (χ3v) is 3.59. The summed E-state index contributed by atoms with van der Waals surface area (Å²) >= 11 is 0. The van der Waals surface area contributed by atoms with E-state index in [1.807, 2.05) is 0 Å². The zero-order valence-electron chi connectivity index (χ0n) is 6.99. The number of nitrogens with one attached hydrogen (secondary N) is 1. The molecule has 0 spiro atoms. The van der Waals surface area contributed by atoms with E-state index in [1.54, 1.807) is 0 Å².